The van der Waals surface area contributed by atoms with Crippen LogP contribution < -0.4 is 4.74 Å². The zero-order valence-electron chi connectivity index (χ0n) is 20.2. The molecule has 176 valence electrons. The van der Waals surface area contributed by atoms with Crippen molar-refractivity contribution >= 4 is 11.4 Å². The number of aryl methyl sites for hydroxylation is 2. The molecular formula is C26H30N6O2. The second-order valence-corrected chi connectivity index (χ2v) is 7.90. The zero-order valence-corrected chi connectivity index (χ0v) is 20.2. The SMILES string of the molecule is CC(=O)c1cnn2cccnc12.CCCCc1cn(CCC)nc1-c1cc(C#N)ccc1OC. The predicted molar refractivity (Wildman–Crippen MR) is 131 cm³/mol. The van der Waals surface area contributed by atoms with Gasteiger partial charge in [-0.3, -0.25) is 9.48 Å². The average Bonchev–Trinajstić information content (AvgIpc) is 3.47. The summed E-state index contributed by atoms with van der Waals surface area (Å²) in [6.07, 6.45) is 11.4. The third kappa shape index (κ3) is 5.67. The molecule has 0 spiro atoms. The van der Waals surface area contributed by atoms with E-state index in [2.05, 4.69) is 36.2 Å². The van der Waals surface area contributed by atoms with E-state index < -0.39 is 0 Å². The number of ketones is 1. The van der Waals surface area contributed by atoms with Gasteiger partial charge in [0.25, 0.3) is 0 Å². The molecule has 1 aromatic carbocycles. The number of rotatable bonds is 8. The number of methoxy groups -OCH3 is 1. The standard InChI is InChI=1S/C18H23N3O.C8H7N3O/c1-4-6-7-15-13-21(10-5-2)20-18(15)16-11-14(12-19)8-9-17(16)22-3;1-6(12)7-5-10-11-4-2-3-9-8(7)11/h8-9,11,13H,4-7,10H2,1-3H3;2-5H,1H3. The summed E-state index contributed by atoms with van der Waals surface area (Å²) < 4.78 is 9.05. The van der Waals surface area contributed by atoms with Crippen molar-refractivity contribution in [1.29, 1.82) is 5.26 Å². The Morgan fingerprint density at radius 2 is 2.06 bits per heavy atom. The van der Waals surface area contributed by atoms with E-state index in [1.54, 1.807) is 36.2 Å². The van der Waals surface area contributed by atoms with Crippen LogP contribution in [0.4, 0.5) is 0 Å². The van der Waals surface area contributed by atoms with Gasteiger partial charge in [-0.2, -0.15) is 15.5 Å². The van der Waals surface area contributed by atoms with Crippen LogP contribution in [0, 0.1) is 11.3 Å². The summed E-state index contributed by atoms with van der Waals surface area (Å²) in [4.78, 5) is 15.1. The third-order valence-corrected chi connectivity index (χ3v) is 5.33. The maximum atomic E-state index is 11.0. The van der Waals surface area contributed by atoms with Crippen molar-refractivity contribution in [1.82, 2.24) is 24.4 Å². The number of benzene rings is 1. The molecule has 0 atom stereocenters. The van der Waals surface area contributed by atoms with E-state index in [0.29, 0.717) is 16.8 Å². The fourth-order valence-electron chi connectivity index (χ4n) is 3.62. The Labute approximate surface area is 199 Å². The maximum absolute atomic E-state index is 11.0. The summed E-state index contributed by atoms with van der Waals surface area (Å²) in [6.45, 7) is 6.74. The van der Waals surface area contributed by atoms with Gasteiger partial charge < -0.3 is 4.74 Å². The van der Waals surface area contributed by atoms with Crippen molar-refractivity contribution in [2.45, 2.75) is 53.0 Å². The number of hydrogen-bond acceptors (Lipinski definition) is 6. The summed E-state index contributed by atoms with van der Waals surface area (Å²) in [5, 5.41) is 17.9. The summed E-state index contributed by atoms with van der Waals surface area (Å²) >= 11 is 0. The van der Waals surface area contributed by atoms with Gasteiger partial charge >= 0.3 is 0 Å². The van der Waals surface area contributed by atoms with Gasteiger partial charge in [-0.15, -0.1) is 0 Å². The van der Waals surface area contributed by atoms with Crippen molar-refractivity contribution in [3.8, 4) is 23.1 Å². The fourth-order valence-corrected chi connectivity index (χ4v) is 3.62. The molecule has 0 unspecified atom stereocenters. The Morgan fingerprint density at radius 1 is 1.24 bits per heavy atom. The van der Waals surface area contributed by atoms with Gasteiger partial charge in [-0.05, 0) is 56.0 Å². The van der Waals surface area contributed by atoms with Gasteiger partial charge in [0.05, 0.1) is 36.2 Å². The first-order valence-corrected chi connectivity index (χ1v) is 11.5. The Balaban J connectivity index is 0.000000226. The lowest BCUT2D eigenvalue weighted by atomic mass is 10.0. The Bertz CT molecular complexity index is 1300. The van der Waals surface area contributed by atoms with Crippen LogP contribution in [0.25, 0.3) is 16.9 Å². The number of nitrogens with zero attached hydrogens (tertiary/aromatic N) is 6. The Kier molecular flexibility index (Phi) is 8.52. The van der Waals surface area contributed by atoms with Crippen molar-refractivity contribution in [3.05, 3.63) is 65.7 Å². The topological polar surface area (TPSA) is 98.1 Å². The number of ether oxygens (including phenoxy) is 1. The van der Waals surface area contributed by atoms with E-state index in [-0.39, 0.29) is 5.78 Å². The molecule has 0 N–H and O–H groups in total. The average molecular weight is 459 g/mol. The Hall–Kier alpha value is -3.99. The molecule has 0 aliphatic heterocycles. The van der Waals surface area contributed by atoms with Crippen LogP contribution in [0.5, 0.6) is 5.75 Å². The highest BCUT2D eigenvalue weighted by atomic mass is 16.5. The molecule has 3 aromatic heterocycles. The van der Waals surface area contributed by atoms with Crippen molar-refractivity contribution < 1.29 is 9.53 Å². The van der Waals surface area contributed by atoms with Crippen molar-refractivity contribution in [2.24, 2.45) is 0 Å². The van der Waals surface area contributed by atoms with E-state index in [0.717, 1.165) is 49.2 Å². The molecule has 0 aliphatic rings. The molecule has 4 rings (SSSR count). The highest BCUT2D eigenvalue weighted by Gasteiger charge is 2.16. The monoisotopic (exact) mass is 458 g/mol. The maximum Gasteiger partial charge on any atom is 0.165 e. The summed E-state index contributed by atoms with van der Waals surface area (Å²) in [5.41, 5.74) is 4.88. The lowest BCUT2D eigenvalue weighted by molar-refractivity contribution is 0.101. The van der Waals surface area contributed by atoms with E-state index >= 15 is 0 Å². The van der Waals surface area contributed by atoms with Gasteiger partial charge in [0.2, 0.25) is 0 Å². The number of aromatic nitrogens is 5. The first kappa shape index (κ1) is 24.6. The normalized spacial score (nSPS) is 10.4. The summed E-state index contributed by atoms with van der Waals surface area (Å²) in [6, 6.07) is 9.45. The molecule has 4 aromatic rings. The second-order valence-electron chi connectivity index (χ2n) is 7.90. The molecule has 0 fully saturated rings. The minimum Gasteiger partial charge on any atom is -0.496 e. The fraction of sp³-hybridized carbons (Fsp3) is 0.346. The first-order chi connectivity index (χ1) is 16.5. The van der Waals surface area contributed by atoms with Crippen molar-refractivity contribution in [2.75, 3.05) is 7.11 Å². The van der Waals surface area contributed by atoms with E-state index in [1.807, 2.05) is 16.8 Å². The number of nitriles is 1. The van der Waals surface area contributed by atoms with Crippen LogP contribution in [0.1, 0.15) is 61.5 Å². The molecule has 0 saturated heterocycles. The quantitative estimate of drug-likeness (QED) is 0.340. The van der Waals surface area contributed by atoms with Gasteiger partial charge in [0, 0.05) is 30.7 Å². The van der Waals surface area contributed by atoms with E-state index in [9.17, 15) is 4.79 Å². The van der Waals surface area contributed by atoms with Crippen LogP contribution in [0.2, 0.25) is 0 Å². The molecule has 0 radical (unpaired) electrons. The number of hydrogen-bond donors (Lipinski definition) is 0. The van der Waals surface area contributed by atoms with Gasteiger partial charge in [-0.1, -0.05) is 20.3 Å². The molecule has 0 amide bonds. The predicted octanol–water partition coefficient (Wildman–Crippen LogP) is 5.11. The highest BCUT2D eigenvalue weighted by molar-refractivity contribution is 5.99. The van der Waals surface area contributed by atoms with Gasteiger partial charge in [0.15, 0.2) is 11.4 Å². The molecular weight excluding hydrogens is 428 g/mol. The lowest BCUT2D eigenvalue weighted by Gasteiger charge is -2.08. The zero-order chi connectivity index (χ0) is 24.5. The smallest absolute Gasteiger partial charge is 0.165 e. The molecule has 34 heavy (non-hydrogen) atoms. The molecule has 0 bridgehead atoms. The van der Waals surface area contributed by atoms with Gasteiger partial charge in [-0.25, -0.2) is 9.50 Å². The number of carbonyl (C=O) groups is 1. The number of carbonyl (C=O) groups excluding carboxylic acids is 1. The van der Waals surface area contributed by atoms with Crippen LogP contribution in [0.15, 0.2) is 49.1 Å². The molecule has 3 heterocycles. The number of Topliss-reactive ketones (excluding diaryl/α,β-unsaturated/α-hetero) is 1. The van der Waals surface area contributed by atoms with Gasteiger partial charge in [0.1, 0.15) is 5.75 Å². The van der Waals surface area contributed by atoms with E-state index in [1.165, 1.54) is 18.7 Å². The minimum absolute atomic E-state index is 0.0105. The van der Waals surface area contributed by atoms with Crippen molar-refractivity contribution in [3.63, 3.8) is 0 Å². The lowest BCUT2D eigenvalue weighted by Crippen LogP contribution is -1.97. The highest BCUT2D eigenvalue weighted by Crippen LogP contribution is 2.33. The molecule has 0 aliphatic carbocycles. The molecule has 0 saturated carbocycles. The van der Waals surface area contributed by atoms with Crippen LogP contribution >= 0.6 is 0 Å². The molecule has 8 nitrogen and oxygen atoms in total. The first-order valence-electron chi connectivity index (χ1n) is 11.5. The number of unbranched alkanes of at least 4 members (excludes halogenated alkanes) is 1. The molecule has 8 heteroatoms. The van der Waals surface area contributed by atoms with Crippen LogP contribution in [-0.4, -0.2) is 37.3 Å². The summed E-state index contributed by atoms with van der Waals surface area (Å²) in [7, 11) is 1.65. The summed E-state index contributed by atoms with van der Waals surface area (Å²) in [5.74, 6) is 0.752. The van der Waals surface area contributed by atoms with Crippen LogP contribution in [-0.2, 0) is 13.0 Å². The van der Waals surface area contributed by atoms with Crippen LogP contribution in [0.3, 0.4) is 0 Å². The Morgan fingerprint density at radius 3 is 2.74 bits per heavy atom. The van der Waals surface area contributed by atoms with E-state index in [4.69, 9.17) is 15.1 Å². The second kappa shape index (κ2) is 11.8. The largest absolute Gasteiger partial charge is 0.496 e. The number of fused-ring (bicyclic) bond motifs is 1. The third-order valence-electron chi connectivity index (χ3n) is 5.33. The minimum atomic E-state index is -0.0105.